The number of para-hydroxylation sites is 1. The Hall–Kier alpha value is -1.16. The summed E-state index contributed by atoms with van der Waals surface area (Å²) in [5.41, 5.74) is 0. The van der Waals surface area contributed by atoms with E-state index in [4.69, 9.17) is 4.74 Å². The maximum Gasteiger partial charge on any atom is 0.190 e. The van der Waals surface area contributed by atoms with Gasteiger partial charge in [0.05, 0.1) is 6.61 Å². The van der Waals surface area contributed by atoms with Gasteiger partial charge in [-0.15, -0.1) is 0 Å². The van der Waals surface area contributed by atoms with Gasteiger partial charge >= 0.3 is 0 Å². The Morgan fingerprint density at radius 3 is 2.50 bits per heavy atom. The van der Waals surface area contributed by atoms with Gasteiger partial charge in [-0.25, -0.2) is 8.78 Å². The van der Waals surface area contributed by atoms with Crippen LogP contribution in [0.2, 0.25) is 0 Å². The highest BCUT2D eigenvalue weighted by atomic mass is 19.1. The molecule has 0 aliphatic rings. The molecule has 0 saturated heterocycles. The second kappa shape index (κ2) is 8.03. The lowest BCUT2D eigenvalue weighted by Crippen LogP contribution is -2.25. The van der Waals surface area contributed by atoms with Crippen LogP contribution in [0.15, 0.2) is 18.2 Å². The smallest absolute Gasteiger partial charge is 0.190 e. The third kappa shape index (κ3) is 5.00. The van der Waals surface area contributed by atoms with Gasteiger partial charge in [-0.3, -0.25) is 0 Å². The molecule has 18 heavy (non-hydrogen) atoms. The minimum atomic E-state index is -0.643. The summed E-state index contributed by atoms with van der Waals surface area (Å²) in [5, 5.41) is 3.31. The van der Waals surface area contributed by atoms with Gasteiger partial charge < -0.3 is 10.1 Å². The lowest BCUT2D eigenvalue weighted by molar-refractivity contribution is 0.273. The molecule has 0 aliphatic heterocycles. The standard InChI is InChI=1S/C14H21F2NO/c1-3-17-11(2)7-4-5-10-18-14-12(15)8-6-9-13(14)16/h6,8-9,11,17H,3-5,7,10H2,1-2H3. The molecule has 0 heterocycles. The SMILES string of the molecule is CCNC(C)CCCCOc1c(F)cccc1F. The molecule has 0 fully saturated rings. The van der Waals surface area contributed by atoms with Crippen molar-refractivity contribution < 1.29 is 13.5 Å². The Morgan fingerprint density at radius 2 is 1.89 bits per heavy atom. The number of unbranched alkanes of at least 4 members (excludes halogenated alkanes) is 1. The predicted octanol–water partition coefficient (Wildman–Crippen LogP) is 3.51. The first-order chi connectivity index (χ1) is 8.65. The van der Waals surface area contributed by atoms with Gasteiger partial charge in [0, 0.05) is 6.04 Å². The van der Waals surface area contributed by atoms with E-state index in [1.807, 2.05) is 0 Å². The summed E-state index contributed by atoms with van der Waals surface area (Å²) in [6, 6.07) is 4.20. The zero-order valence-corrected chi connectivity index (χ0v) is 11.0. The monoisotopic (exact) mass is 257 g/mol. The summed E-state index contributed by atoms with van der Waals surface area (Å²) in [6.07, 6.45) is 2.81. The molecule has 0 saturated carbocycles. The van der Waals surface area contributed by atoms with E-state index in [1.54, 1.807) is 0 Å². The van der Waals surface area contributed by atoms with Crippen molar-refractivity contribution in [2.24, 2.45) is 0 Å². The summed E-state index contributed by atoms with van der Waals surface area (Å²) in [6.45, 7) is 5.50. The van der Waals surface area contributed by atoms with Crippen LogP contribution in [0, 0.1) is 11.6 Å². The van der Waals surface area contributed by atoms with E-state index in [0.29, 0.717) is 12.6 Å². The van der Waals surface area contributed by atoms with Crippen LogP contribution in [0.4, 0.5) is 8.78 Å². The average molecular weight is 257 g/mol. The maximum atomic E-state index is 13.2. The van der Waals surface area contributed by atoms with Crippen LogP contribution in [-0.2, 0) is 0 Å². The van der Waals surface area contributed by atoms with Crippen molar-refractivity contribution >= 4 is 0 Å². The van der Waals surface area contributed by atoms with Crippen LogP contribution in [-0.4, -0.2) is 19.2 Å². The van der Waals surface area contributed by atoms with Gasteiger partial charge in [-0.05, 0) is 44.9 Å². The Bertz CT molecular complexity index is 337. The van der Waals surface area contributed by atoms with Gasteiger partial charge in [-0.1, -0.05) is 13.0 Å². The van der Waals surface area contributed by atoms with Crippen LogP contribution in [0.1, 0.15) is 33.1 Å². The summed E-state index contributed by atoms with van der Waals surface area (Å²) >= 11 is 0. The average Bonchev–Trinajstić information content (AvgIpc) is 2.32. The zero-order valence-electron chi connectivity index (χ0n) is 11.0. The number of benzene rings is 1. The lowest BCUT2D eigenvalue weighted by atomic mass is 10.1. The molecule has 0 spiro atoms. The molecule has 1 aromatic carbocycles. The van der Waals surface area contributed by atoms with E-state index < -0.39 is 11.6 Å². The number of hydrogen-bond donors (Lipinski definition) is 1. The highest BCUT2D eigenvalue weighted by molar-refractivity contribution is 5.25. The Labute approximate surface area is 107 Å². The van der Waals surface area contributed by atoms with Crippen molar-refractivity contribution in [3.05, 3.63) is 29.8 Å². The number of hydrogen-bond acceptors (Lipinski definition) is 2. The number of nitrogens with one attached hydrogen (secondary N) is 1. The molecule has 1 aromatic rings. The van der Waals surface area contributed by atoms with Gasteiger partial charge in [0.1, 0.15) is 0 Å². The first-order valence-electron chi connectivity index (χ1n) is 6.45. The molecule has 0 aliphatic carbocycles. The first-order valence-corrected chi connectivity index (χ1v) is 6.45. The Balaban J connectivity index is 2.22. The minimum Gasteiger partial charge on any atom is -0.488 e. The number of halogens is 2. The van der Waals surface area contributed by atoms with Crippen molar-refractivity contribution in [3.8, 4) is 5.75 Å². The van der Waals surface area contributed by atoms with Crippen molar-refractivity contribution in [1.82, 2.24) is 5.32 Å². The molecule has 1 rings (SSSR count). The molecule has 0 radical (unpaired) electrons. The number of ether oxygens (including phenoxy) is 1. The lowest BCUT2D eigenvalue weighted by Gasteiger charge is -2.12. The quantitative estimate of drug-likeness (QED) is 0.719. The van der Waals surface area contributed by atoms with Crippen molar-refractivity contribution in [3.63, 3.8) is 0 Å². The third-order valence-electron chi connectivity index (χ3n) is 2.75. The van der Waals surface area contributed by atoms with E-state index in [-0.39, 0.29) is 5.75 Å². The molecule has 1 N–H and O–H groups in total. The van der Waals surface area contributed by atoms with E-state index in [9.17, 15) is 8.78 Å². The molecule has 102 valence electrons. The summed E-state index contributed by atoms with van der Waals surface area (Å²) in [5.74, 6) is -1.55. The Morgan fingerprint density at radius 1 is 1.22 bits per heavy atom. The van der Waals surface area contributed by atoms with Crippen LogP contribution in [0.5, 0.6) is 5.75 Å². The summed E-state index contributed by atoms with van der Waals surface area (Å²) in [4.78, 5) is 0. The van der Waals surface area contributed by atoms with Gasteiger partial charge in [0.15, 0.2) is 17.4 Å². The predicted molar refractivity (Wildman–Crippen MR) is 68.8 cm³/mol. The summed E-state index contributed by atoms with van der Waals surface area (Å²) in [7, 11) is 0. The van der Waals surface area contributed by atoms with Crippen LogP contribution >= 0.6 is 0 Å². The molecule has 0 amide bonds. The minimum absolute atomic E-state index is 0.266. The second-order valence-corrected chi connectivity index (χ2v) is 4.35. The topological polar surface area (TPSA) is 21.3 Å². The zero-order chi connectivity index (χ0) is 13.4. The van der Waals surface area contributed by atoms with Crippen LogP contribution < -0.4 is 10.1 Å². The van der Waals surface area contributed by atoms with Crippen LogP contribution in [0.25, 0.3) is 0 Å². The largest absolute Gasteiger partial charge is 0.488 e. The first kappa shape index (κ1) is 14.9. The van der Waals surface area contributed by atoms with E-state index >= 15 is 0 Å². The molecular weight excluding hydrogens is 236 g/mol. The Kier molecular flexibility index (Phi) is 6.65. The van der Waals surface area contributed by atoms with E-state index in [2.05, 4.69) is 19.2 Å². The highest BCUT2D eigenvalue weighted by Crippen LogP contribution is 2.21. The molecule has 0 aromatic heterocycles. The molecule has 1 atom stereocenters. The van der Waals surface area contributed by atoms with Crippen LogP contribution in [0.3, 0.4) is 0 Å². The molecule has 1 unspecified atom stereocenters. The normalized spacial score (nSPS) is 12.4. The molecule has 4 heteroatoms. The van der Waals surface area contributed by atoms with Crippen molar-refractivity contribution in [1.29, 1.82) is 0 Å². The van der Waals surface area contributed by atoms with Gasteiger partial charge in [-0.2, -0.15) is 0 Å². The molecule has 2 nitrogen and oxygen atoms in total. The maximum absolute atomic E-state index is 13.2. The van der Waals surface area contributed by atoms with Crippen molar-refractivity contribution in [2.45, 2.75) is 39.2 Å². The van der Waals surface area contributed by atoms with Gasteiger partial charge in [0.2, 0.25) is 0 Å². The number of rotatable bonds is 8. The molecular formula is C14H21F2NO. The van der Waals surface area contributed by atoms with E-state index in [1.165, 1.54) is 18.2 Å². The molecule has 0 bridgehead atoms. The fourth-order valence-electron chi connectivity index (χ4n) is 1.80. The summed E-state index contributed by atoms with van der Waals surface area (Å²) < 4.78 is 31.6. The fourth-order valence-corrected chi connectivity index (χ4v) is 1.80. The van der Waals surface area contributed by atoms with Crippen molar-refractivity contribution in [2.75, 3.05) is 13.2 Å². The van der Waals surface area contributed by atoms with E-state index in [0.717, 1.165) is 25.8 Å². The second-order valence-electron chi connectivity index (χ2n) is 4.35. The fraction of sp³-hybridized carbons (Fsp3) is 0.571. The third-order valence-corrected chi connectivity index (χ3v) is 2.75. The van der Waals surface area contributed by atoms with Gasteiger partial charge in [0.25, 0.3) is 0 Å². The highest BCUT2D eigenvalue weighted by Gasteiger charge is 2.09.